The Morgan fingerprint density at radius 3 is 1.66 bits per heavy atom. The molecule has 4 heterocycles. The summed E-state index contributed by atoms with van der Waals surface area (Å²) in [5, 5.41) is 13.3. The molecule has 0 spiro atoms. The molecule has 2 saturated carbocycles. The average molecular weight is 961 g/mol. The number of aromatic nitrogens is 2. The lowest BCUT2D eigenvalue weighted by atomic mass is 9.83. The van der Waals surface area contributed by atoms with Crippen LogP contribution in [0.3, 0.4) is 0 Å². The van der Waals surface area contributed by atoms with Crippen LogP contribution in [0, 0.1) is 18.8 Å². The van der Waals surface area contributed by atoms with E-state index in [9.17, 15) is 28.8 Å². The third-order valence-electron chi connectivity index (χ3n) is 16.1. The smallest absolute Gasteiger partial charge is 0.245 e. The highest BCUT2D eigenvalue weighted by Crippen LogP contribution is 2.34. The van der Waals surface area contributed by atoms with Crippen LogP contribution in [-0.4, -0.2) is 118 Å². The fourth-order valence-electron chi connectivity index (χ4n) is 11.8. The van der Waals surface area contributed by atoms with Crippen molar-refractivity contribution in [2.75, 3.05) is 27.2 Å². The molecule has 2 aromatic heterocycles. The van der Waals surface area contributed by atoms with Crippen LogP contribution >= 0.6 is 0 Å². The zero-order valence-electron chi connectivity index (χ0n) is 42.6. The first kappa shape index (κ1) is 52.5. The van der Waals surface area contributed by atoms with Gasteiger partial charge in [-0.25, -0.2) is 0 Å². The van der Waals surface area contributed by atoms with Crippen LogP contribution in [0.25, 0.3) is 17.0 Å². The maximum absolute atomic E-state index is 14.5. The number of hydrogen-bond donors (Lipinski definition) is 4. The van der Waals surface area contributed by atoms with Gasteiger partial charge in [-0.3, -0.25) is 37.9 Å². The number of para-hydroxylation sites is 1. The quantitative estimate of drug-likeness (QED) is 0.0845. The number of nitrogens with one attached hydrogen (secondary N) is 4. The third-order valence-corrected chi connectivity index (χ3v) is 16.1. The number of likely N-dealkylation sites (tertiary alicyclic amines) is 2. The van der Waals surface area contributed by atoms with E-state index in [4.69, 9.17) is 0 Å². The Kier molecular flexibility index (Phi) is 18.5. The molecule has 4 fully saturated rings. The number of nitrogens with zero attached hydrogens (tertiary/aromatic N) is 4. The van der Waals surface area contributed by atoms with E-state index in [0.29, 0.717) is 32.4 Å². The summed E-state index contributed by atoms with van der Waals surface area (Å²) < 4.78 is 3.43. The third kappa shape index (κ3) is 12.2. The van der Waals surface area contributed by atoms with Crippen LogP contribution in [0.1, 0.15) is 155 Å². The number of hydrogen-bond acceptors (Lipinski definition) is 8. The second kappa shape index (κ2) is 24.7. The molecule has 4 aliphatic rings. The van der Waals surface area contributed by atoms with Crippen LogP contribution in [-0.2, 0) is 32.0 Å². The first-order valence-electron chi connectivity index (χ1n) is 26.6. The fraction of sp³-hybridized carbons (Fsp3) is 0.607. The number of carbonyl (C=O) groups excluding carboxylic acids is 6. The first-order valence-corrected chi connectivity index (χ1v) is 26.6. The predicted octanol–water partition coefficient (Wildman–Crippen LogP) is 7.51. The summed E-state index contributed by atoms with van der Waals surface area (Å²) in [6.45, 7) is 10.7. The van der Waals surface area contributed by atoms with Crippen molar-refractivity contribution in [1.29, 1.82) is 0 Å². The van der Waals surface area contributed by atoms with Gasteiger partial charge in [0.2, 0.25) is 35.4 Å². The van der Waals surface area contributed by atoms with Gasteiger partial charge in [0.15, 0.2) is 0 Å². The second-order valence-corrected chi connectivity index (χ2v) is 20.7. The summed E-state index contributed by atoms with van der Waals surface area (Å²) in [5.41, 5.74) is 4.51. The number of likely N-dealkylation sites (N-methyl/N-ethyl adjacent to an activating group) is 2. The molecule has 4 N–H and O–H groups in total. The molecule has 1 aromatic carbocycles. The SMILES string of the molecule is C=C/C=C\c1c(C[C@H]2CCCN2C(=O)[C@@H](NC(=O)[C@H](C)NC)C2CCCCC2)cn(C(=O)CCCC(=O)n2cc(C[C@H]3CCCN3C(=O)[C@@H](NC(=O)[C@H](C)NC)C3CCCCC3)c3ccccc32)c1C. The number of allylic oxidation sites excluding steroid dienone is 2. The Morgan fingerprint density at radius 1 is 0.657 bits per heavy atom. The molecule has 2 aliphatic heterocycles. The topological polar surface area (TPSA) is 167 Å². The molecule has 380 valence electrons. The van der Waals surface area contributed by atoms with E-state index in [-0.39, 0.29) is 72.2 Å². The standard InChI is InChI=1S/C56H80N8O6/c1-7-8-26-46-39(4)63(35-42(46)33-44-24-18-31-61(44)55(69)51(40-20-11-9-12-21-40)59-53(67)37(2)57-5)49(65)29-17-30-50(66)64-36-43(47-27-15-16-28-48(47)64)34-45-25-19-32-62(45)56(70)52(41-22-13-10-14-23-41)60-54(68)38(3)58-6/h7-8,15-16,26-28,35-38,40-41,44-45,51-52,57-58H,1,9-14,17-25,29-34H2,2-6H3,(H,59,67)(H,60,68)/b26-8-/t37-,38-,44+,45+,51-,52-/m0/s1. The van der Waals surface area contributed by atoms with Crippen LogP contribution < -0.4 is 21.3 Å². The van der Waals surface area contributed by atoms with Crippen molar-refractivity contribution in [3.05, 3.63) is 77.8 Å². The summed E-state index contributed by atoms with van der Waals surface area (Å²) in [4.78, 5) is 87.3. The van der Waals surface area contributed by atoms with E-state index in [1.54, 1.807) is 29.3 Å². The van der Waals surface area contributed by atoms with Crippen LogP contribution in [0.15, 0.2) is 55.4 Å². The molecule has 14 nitrogen and oxygen atoms in total. The average Bonchev–Trinajstić information content (AvgIpc) is 4.20. The number of carbonyl (C=O) groups is 6. The molecule has 2 aliphatic carbocycles. The van der Waals surface area contributed by atoms with Crippen molar-refractivity contribution in [2.24, 2.45) is 11.8 Å². The maximum Gasteiger partial charge on any atom is 0.245 e. The van der Waals surface area contributed by atoms with E-state index in [2.05, 4.69) is 27.8 Å². The van der Waals surface area contributed by atoms with Gasteiger partial charge >= 0.3 is 0 Å². The highest BCUT2D eigenvalue weighted by atomic mass is 16.2. The lowest BCUT2D eigenvalue weighted by Gasteiger charge is -2.35. The number of fused-ring (bicyclic) bond motifs is 1. The van der Waals surface area contributed by atoms with Crippen LogP contribution in [0.4, 0.5) is 0 Å². The normalized spacial score (nSPS) is 20.9. The molecule has 0 unspecified atom stereocenters. The first-order chi connectivity index (χ1) is 33.8. The Balaban J connectivity index is 1.02. The van der Waals surface area contributed by atoms with Gasteiger partial charge < -0.3 is 31.1 Å². The monoisotopic (exact) mass is 961 g/mol. The van der Waals surface area contributed by atoms with Crippen molar-refractivity contribution in [2.45, 2.75) is 179 Å². The Morgan fingerprint density at radius 2 is 1.14 bits per heavy atom. The zero-order valence-corrected chi connectivity index (χ0v) is 42.6. The molecular weight excluding hydrogens is 881 g/mol. The molecule has 7 rings (SSSR count). The van der Waals surface area contributed by atoms with E-state index >= 15 is 0 Å². The number of rotatable bonds is 20. The fourth-order valence-corrected chi connectivity index (χ4v) is 11.8. The van der Waals surface area contributed by atoms with Crippen LogP contribution in [0.5, 0.6) is 0 Å². The highest BCUT2D eigenvalue weighted by Gasteiger charge is 2.41. The molecule has 0 bridgehead atoms. The summed E-state index contributed by atoms with van der Waals surface area (Å²) in [5.74, 6) is -0.317. The van der Waals surface area contributed by atoms with Gasteiger partial charge in [0.1, 0.15) is 12.1 Å². The lowest BCUT2D eigenvalue weighted by Crippen LogP contribution is -2.56. The van der Waals surface area contributed by atoms with E-state index in [0.717, 1.165) is 123 Å². The molecule has 2 saturated heterocycles. The van der Waals surface area contributed by atoms with Crippen molar-refractivity contribution in [3.8, 4) is 0 Å². The van der Waals surface area contributed by atoms with Crippen molar-refractivity contribution >= 4 is 52.4 Å². The van der Waals surface area contributed by atoms with Gasteiger partial charge in [-0.05, 0) is 140 Å². The molecule has 0 radical (unpaired) electrons. The minimum atomic E-state index is -0.567. The number of benzene rings is 1. The summed E-state index contributed by atoms with van der Waals surface area (Å²) >= 11 is 0. The van der Waals surface area contributed by atoms with Crippen molar-refractivity contribution in [3.63, 3.8) is 0 Å². The zero-order chi connectivity index (χ0) is 49.9. The molecule has 3 aromatic rings. The molecule has 4 amide bonds. The summed E-state index contributed by atoms with van der Waals surface area (Å²) in [7, 11) is 3.50. The largest absolute Gasteiger partial charge is 0.343 e. The summed E-state index contributed by atoms with van der Waals surface area (Å²) in [6, 6.07) is 5.82. The Labute approximate surface area is 415 Å². The van der Waals surface area contributed by atoms with Gasteiger partial charge in [-0.2, -0.15) is 0 Å². The van der Waals surface area contributed by atoms with Gasteiger partial charge in [0.05, 0.1) is 17.6 Å². The lowest BCUT2D eigenvalue weighted by molar-refractivity contribution is -0.139. The van der Waals surface area contributed by atoms with Crippen molar-refractivity contribution < 1.29 is 28.8 Å². The van der Waals surface area contributed by atoms with Crippen molar-refractivity contribution in [1.82, 2.24) is 40.2 Å². The molecule has 70 heavy (non-hydrogen) atoms. The Bertz CT molecular complexity index is 2370. The maximum atomic E-state index is 14.5. The minimum absolute atomic E-state index is 0.000318. The minimum Gasteiger partial charge on any atom is -0.343 e. The Hall–Kier alpha value is -5.34. The molecule has 14 heteroatoms. The van der Waals surface area contributed by atoms with Gasteiger partial charge in [-0.15, -0.1) is 0 Å². The molecular formula is C56H80N8O6. The van der Waals surface area contributed by atoms with E-state index in [1.165, 1.54) is 0 Å². The summed E-state index contributed by atoms with van der Waals surface area (Å²) in [6.07, 6.45) is 24.9. The second-order valence-electron chi connectivity index (χ2n) is 20.7. The van der Waals surface area contributed by atoms with Gasteiger partial charge in [0, 0.05) is 61.5 Å². The number of amides is 4. The van der Waals surface area contributed by atoms with E-state index in [1.807, 2.05) is 79.4 Å². The predicted molar refractivity (Wildman–Crippen MR) is 276 cm³/mol. The van der Waals surface area contributed by atoms with E-state index < -0.39 is 24.2 Å². The highest BCUT2D eigenvalue weighted by molar-refractivity contribution is 5.95. The van der Waals surface area contributed by atoms with Crippen LogP contribution in [0.2, 0.25) is 0 Å². The van der Waals surface area contributed by atoms with Gasteiger partial charge in [0.25, 0.3) is 0 Å². The molecule has 6 atom stereocenters. The van der Waals surface area contributed by atoms with Gasteiger partial charge in [-0.1, -0.05) is 81.5 Å².